The van der Waals surface area contributed by atoms with E-state index in [1.165, 1.54) is 24.8 Å². The van der Waals surface area contributed by atoms with Crippen LogP contribution in [0.5, 0.6) is 0 Å². The molecule has 0 spiro atoms. The lowest BCUT2D eigenvalue weighted by Crippen LogP contribution is -2.44. The van der Waals surface area contributed by atoms with Gasteiger partial charge in [-0.2, -0.15) is 0 Å². The molecule has 23 heavy (non-hydrogen) atoms. The fourth-order valence-corrected chi connectivity index (χ4v) is 3.33. The number of hydrogen-bond acceptors (Lipinski definition) is 3. The number of guanidine groups is 1. The summed E-state index contributed by atoms with van der Waals surface area (Å²) < 4.78 is 0. The second-order valence-electron chi connectivity index (χ2n) is 6.55. The number of aryl methyl sites for hydroxylation is 1. The van der Waals surface area contributed by atoms with E-state index in [2.05, 4.69) is 45.4 Å². The topological polar surface area (TPSA) is 52.6 Å². The van der Waals surface area contributed by atoms with E-state index in [4.69, 9.17) is 0 Å². The molecule has 0 bridgehead atoms. The van der Waals surface area contributed by atoms with Gasteiger partial charge in [0.1, 0.15) is 0 Å². The lowest BCUT2D eigenvalue weighted by molar-refractivity contribution is 0.256. The highest BCUT2D eigenvalue weighted by atomic mass is 127. The van der Waals surface area contributed by atoms with E-state index >= 15 is 0 Å². The molecule has 2 atom stereocenters. The van der Waals surface area contributed by atoms with E-state index in [-0.39, 0.29) is 24.0 Å². The van der Waals surface area contributed by atoms with Crippen molar-refractivity contribution in [1.29, 1.82) is 0 Å². The minimum atomic E-state index is 0. The van der Waals surface area contributed by atoms with Gasteiger partial charge in [-0.3, -0.25) is 14.9 Å². The molecule has 1 saturated heterocycles. The molecular formula is C17H28IN5. The number of hydrogen-bond donors (Lipinski definition) is 2. The number of aromatic nitrogens is 1. The quantitative estimate of drug-likeness (QED) is 0.438. The van der Waals surface area contributed by atoms with Crippen LogP contribution in [-0.4, -0.2) is 47.6 Å². The molecule has 2 aliphatic rings. The second-order valence-corrected chi connectivity index (χ2v) is 6.55. The van der Waals surface area contributed by atoms with E-state index < -0.39 is 0 Å². The molecule has 2 heterocycles. The lowest BCUT2D eigenvalue weighted by Gasteiger charge is -2.20. The third-order valence-electron chi connectivity index (χ3n) is 4.74. The van der Waals surface area contributed by atoms with Crippen molar-refractivity contribution in [2.45, 2.75) is 57.8 Å². The van der Waals surface area contributed by atoms with Crippen molar-refractivity contribution in [2.24, 2.45) is 4.99 Å². The first-order chi connectivity index (χ1) is 10.7. The highest BCUT2D eigenvalue weighted by molar-refractivity contribution is 14.0. The summed E-state index contributed by atoms with van der Waals surface area (Å²) in [5.74, 6) is 0.875. The summed E-state index contributed by atoms with van der Waals surface area (Å²) in [6, 6.07) is 6.07. The fourth-order valence-electron chi connectivity index (χ4n) is 3.33. The molecule has 6 heteroatoms. The number of halogens is 1. The molecule has 128 valence electrons. The van der Waals surface area contributed by atoms with Gasteiger partial charge in [0.2, 0.25) is 0 Å². The van der Waals surface area contributed by atoms with Crippen molar-refractivity contribution < 1.29 is 0 Å². The van der Waals surface area contributed by atoms with Crippen LogP contribution in [0.1, 0.15) is 37.4 Å². The molecule has 1 aromatic heterocycles. The predicted molar refractivity (Wildman–Crippen MR) is 105 cm³/mol. The van der Waals surface area contributed by atoms with Crippen LogP contribution < -0.4 is 10.6 Å². The van der Waals surface area contributed by atoms with E-state index in [1.54, 1.807) is 0 Å². The standard InChI is InChI=1S/C17H27N5.HI/c1-12-5-4-8-19-16(12)10-20-17(18-3)21-14-9-13(2)22(11-14)15-6-7-15;/h4-5,8,13-15H,6-7,9-11H2,1-3H3,(H2,18,20,21);1H. The van der Waals surface area contributed by atoms with Crippen molar-refractivity contribution in [3.8, 4) is 0 Å². The number of likely N-dealkylation sites (tertiary alicyclic amines) is 1. The van der Waals surface area contributed by atoms with Gasteiger partial charge in [-0.1, -0.05) is 6.07 Å². The normalized spacial score (nSPS) is 25.1. The second kappa shape index (κ2) is 8.28. The Bertz CT molecular complexity index is 544. The Morgan fingerprint density at radius 1 is 1.43 bits per heavy atom. The van der Waals surface area contributed by atoms with E-state index in [9.17, 15) is 0 Å². The minimum absolute atomic E-state index is 0. The number of pyridine rings is 1. The van der Waals surface area contributed by atoms with Gasteiger partial charge < -0.3 is 10.6 Å². The molecular weight excluding hydrogens is 401 g/mol. The average molecular weight is 429 g/mol. The van der Waals surface area contributed by atoms with Crippen LogP contribution in [0.3, 0.4) is 0 Å². The van der Waals surface area contributed by atoms with Gasteiger partial charge >= 0.3 is 0 Å². The molecule has 1 aliphatic heterocycles. The number of nitrogens with zero attached hydrogens (tertiary/aromatic N) is 3. The fraction of sp³-hybridized carbons (Fsp3) is 0.647. The molecule has 5 nitrogen and oxygen atoms in total. The van der Waals surface area contributed by atoms with Crippen LogP contribution in [-0.2, 0) is 6.54 Å². The van der Waals surface area contributed by atoms with Crippen LogP contribution in [0.15, 0.2) is 23.3 Å². The summed E-state index contributed by atoms with van der Waals surface area (Å²) in [4.78, 5) is 11.4. The van der Waals surface area contributed by atoms with Crippen LogP contribution in [0.4, 0.5) is 0 Å². The molecule has 1 aromatic rings. The molecule has 1 aliphatic carbocycles. The zero-order valence-corrected chi connectivity index (χ0v) is 16.6. The van der Waals surface area contributed by atoms with Crippen LogP contribution in [0.25, 0.3) is 0 Å². The summed E-state index contributed by atoms with van der Waals surface area (Å²) >= 11 is 0. The maximum absolute atomic E-state index is 4.42. The monoisotopic (exact) mass is 429 g/mol. The third-order valence-corrected chi connectivity index (χ3v) is 4.74. The van der Waals surface area contributed by atoms with Crippen molar-refractivity contribution in [3.05, 3.63) is 29.6 Å². The maximum Gasteiger partial charge on any atom is 0.191 e. The van der Waals surface area contributed by atoms with Crippen molar-refractivity contribution in [2.75, 3.05) is 13.6 Å². The van der Waals surface area contributed by atoms with Gasteiger partial charge in [0.15, 0.2) is 5.96 Å². The molecule has 0 radical (unpaired) electrons. The van der Waals surface area contributed by atoms with Crippen molar-refractivity contribution >= 4 is 29.9 Å². The Kier molecular flexibility index (Phi) is 6.64. The van der Waals surface area contributed by atoms with E-state index in [0.29, 0.717) is 18.6 Å². The smallest absolute Gasteiger partial charge is 0.191 e. The summed E-state index contributed by atoms with van der Waals surface area (Å²) in [6.07, 6.45) is 5.79. The van der Waals surface area contributed by atoms with Crippen molar-refractivity contribution in [1.82, 2.24) is 20.5 Å². The summed E-state index contributed by atoms with van der Waals surface area (Å²) in [5.41, 5.74) is 2.28. The summed E-state index contributed by atoms with van der Waals surface area (Å²) in [6.45, 7) is 6.27. The zero-order chi connectivity index (χ0) is 15.5. The summed E-state index contributed by atoms with van der Waals surface area (Å²) in [5, 5.41) is 6.95. The van der Waals surface area contributed by atoms with Gasteiger partial charge in [0, 0.05) is 37.9 Å². The average Bonchev–Trinajstić information content (AvgIpc) is 3.29. The largest absolute Gasteiger partial charge is 0.352 e. The van der Waals surface area contributed by atoms with Gasteiger partial charge in [-0.25, -0.2) is 0 Å². The Balaban J connectivity index is 0.00000192. The van der Waals surface area contributed by atoms with E-state index in [0.717, 1.165) is 24.2 Å². The lowest BCUT2D eigenvalue weighted by atomic mass is 10.2. The molecule has 0 aromatic carbocycles. The number of rotatable bonds is 4. The van der Waals surface area contributed by atoms with Gasteiger partial charge in [0.25, 0.3) is 0 Å². The highest BCUT2D eigenvalue weighted by Crippen LogP contribution is 2.33. The van der Waals surface area contributed by atoms with Gasteiger partial charge in [-0.05, 0) is 44.7 Å². The zero-order valence-electron chi connectivity index (χ0n) is 14.2. The SMILES string of the molecule is CN=C(NCc1ncccc1C)NC1CC(C)N(C2CC2)C1.I. The summed E-state index contributed by atoms with van der Waals surface area (Å²) in [7, 11) is 1.83. The first-order valence-corrected chi connectivity index (χ1v) is 8.30. The molecule has 2 fully saturated rings. The Hall–Kier alpha value is -0.890. The first-order valence-electron chi connectivity index (χ1n) is 8.30. The Morgan fingerprint density at radius 3 is 2.87 bits per heavy atom. The van der Waals surface area contributed by atoms with Gasteiger partial charge in [-0.15, -0.1) is 24.0 Å². The minimum Gasteiger partial charge on any atom is -0.352 e. The van der Waals surface area contributed by atoms with Crippen LogP contribution in [0.2, 0.25) is 0 Å². The highest BCUT2D eigenvalue weighted by Gasteiger charge is 2.38. The third kappa shape index (κ3) is 4.79. The predicted octanol–water partition coefficient (Wildman–Crippen LogP) is 2.30. The van der Waals surface area contributed by atoms with E-state index in [1.807, 2.05) is 19.3 Å². The number of aliphatic imine (C=N–C) groups is 1. The van der Waals surface area contributed by atoms with Crippen LogP contribution >= 0.6 is 24.0 Å². The van der Waals surface area contributed by atoms with Gasteiger partial charge in [0.05, 0.1) is 12.2 Å². The first kappa shape index (κ1) is 18.4. The van der Waals surface area contributed by atoms with Crippen molar-refractivity contribution in [3.63, 3.8) is 0 Å². The Morgan fingerprint density at radius 2 is 2.22 bits per heavy atom. The molecule has 1 saturated carbocycles. The maximum atomic E-state index is 4.42. The molecule has 2 N–H and O–H groups in total. The number of nitrogens with one attached hydrogen (secondary N) is 2. The molecule has 0 amide bonds. The van der Waals surface area contributed by atoms with Crippen LogP contribution in [0, 0.1) is 6.92 Å². The Labute approximate surface area is 156 Å². The molecule has 2 unspecified atom stereocenters. The molecule has 3 rings (SSSR count).